The Balaban J connectivity index is 3.55. The fourth-order valence-electron chi connectivity index (χ4n) is 0.938. The topological polar surface area (TPSA) is 32.3 Å². The summed E-state index contributed by atoms with van der Waals surface area (Å²) >= 11 is 0. The summed E-state index contributed by atoms with van der Waals surface area (Å²) < 4.78 is 0. The molecule has 0 fully saturated rings. The van der Waals surface area contributed by atoms with E-state index in [2.05, 4.69) is 25.1 Å². The molecule has 0 aromatic heterocycles. The molecule has 12 heavy (non-hydrogen) atoms. The molecular formula is C10H19NO. The highest BCUT2D eigenvalue weighted by Crippen LogP contribution is 2.12. The van der Waals surface area contributed by atoms with E-state index in [9.17, 15) is 5.11 Å². The molecule has 0 rings (SSSR count). The van der Waals surface area contributed by atoms with Gasteiger partial charge >= 0.3 is 0 Å². The Labute approximate surface area is 75.4 Å². The Kier molecular flexibility index (Phi) is 4.96. The summed E-state index contributed by atoms with van der Waals surface area (Å²) in [7, 11) is 0. The highest BCUT2D eigenvalue weighted by atomic mass is 16.3. The normalized spacial score (nSPS) is 15.7. The Bertz CT molecular complexity index is 156. The third-order valence-electron chi connectivity index (χ3n) is 1.70. The van der Waals surface area contributed by atoms with Crippen molar-refractivity contribution in [1.29, 1.82) is 0 Å². The SMILES string of the molecule is C#CCC(C)(O)CCNC(C)C. The zero-order valence-electron chi connectivity index (χ0n) is 8.22. The lowest BCUT2D eigenvalue weighted by Crippen LogP contribution is -2.32. The molecule has 2 nitrogen and oxygen atoms in total. The van der Waals surface area contributed by atoms with Crippen LogP contribution < -0.4 is 5.32 Å². The minimum Gasteiger partial charge on any atom is -0.389 e. The predicted molar refractivity (Wildman–Crippen MR) is 51.8 cm³/mol. The van der Waals surface area contributed by atoms with Crippen molar-refractivity contribution in [2.75, 3.05) is 6.54 Å². The van der Waals surface area contributed by atoms with E-state index >= 15 is 0 Å². The first-order valence-corrected chi connectivity index (χ1v) is 4.37. The van der Waals surface area contributed by atoms with Gasteiger partial charge < -0.3 is 10.4 Å². The molecule has 2 heteroatoms. The van der Waals surface area contributed by atoms with Crippen molar-refractivity contribution in [1.82, 2.24) is 5.32 Å². The van der Waals surface area contributed by atoms with Crippen LogP contribution in [0.1, 0.15) is 33.6 Å². The second-order valence-electron chi connectivity index (χ2n) is 3.74. The molecule has 0 aliphatic carbocycles. The maximum atomic E-state index is 9.64. The van der Waals surface area contributed by atoms with Gasteiger partial charge in [-0.1, -0.05) is 13.8 Å². The minimum absolute atomic E-state index is 0.423. The number of nitrogens with one attached hydrogen (secondary N) is 1. The molecule has 0 saturated carbocycles. The summed E-state index contributed by atoms with van der Waals surface area (Å²) in [5.74, 6) is 2.47. The molecule has 0 saturated heterocycles. The zero-order chi connectivity index (χ0) is 9.61. The number of hydrogen-bond acceptors (Lipinski definition) is 2. The Morgan fingerprint density at radius 1 is 1.58 bits per heavy atom. The van der Waals surface area contributed by atoms with Crippen LogP contribution in [0.3, 0.4) is 0 Å². The Morgan fingerprint density at radius 2 is 2.17 bits per heavy atom. The van der Waals surface area contributed by atoms with Gasteiger partial charge in [-0.3, -0.25) is 0 Å². The van der Waals surface area contributed by atoms with Gasteiger partial charge in [-0.25, -0.2) is 0 Å². The average Bonchev–Trinajstić information content (AvgIpc) is 1.85. The Hall–Kier alpha value is -0.520. The van der Waals surface area contributed by atoms with Crippen LogP contribution in [0.25, 0.3) is 0 Å². The van der Waals surface area contributed by atoms with Crippen molar-refractivity contribution >= 4 is 0 Å². The zero-order valence-corrected chi connectivity index (χ0v) is 8.22. The van der Waals surface area contributed by atoms with Crippen molar-refractivity contribution in [2.45, 2.75) is 45.3 Å². The van der Waals surface area contributed by atoms with E-state index in [4.69, 9.17) is 6.42 Å². The van der Waals surface area contributed by atoms with Gasteiger partial charge in [-0.15, -0.1) is 12.3 Å². The van der Waals surface area contributed by atoms with Gasteiger partial charge in [0.05, 0.1) is 5.60 Å². The van der Waals surface area contributed by atoms with Gasteiger partial charge in [-0.05, 0) is 19.9 Å². The van der Waals surface area contributed by atoms with Crippen LogP contribution in [-0.4, -0.2) is 23.3 Å². The summed E-state index contributed by atoms with van der Waals surface area (Å²) in [6.07, 6.45) is 6.24. The smallest absolute Gasteiger partial charge is 0.0740 e. The number of rotatable bonds is 5. The van der Waals surface area contributed by atoms with Crippen LogP contribution in [0, 0.1) is 12.3 Å². The molecule has 1 unspecified atom stereocenters. The molecular weight excluding hydrogens is 150 g/mol. The molecule has 0 aromatic carbocycles. The molecule has 70 valence electrons. The summed E-state index contributed by atoms with van der Waals surface area (Å²) in [6.45, 7) is 6.74. The van der Waals surface area contributed by atoms with Crippen LogP contribution in [0.2, 0.25) is 0 Å². The first kappa shape index (κ1) is 11.5. The molecule has 0 amide bonds. The van der Waals surface area contributed by atoms with E-state index in [1.165, 1.54) is 0 Å². The van der Waals surface area contributed by atoms with Crippen molar-refractivity contribution in [3.63, 3.8) is 0 Å². The van der Waals surface area contributed by atoms with Crippen molar-refractivity contribution in [3.8, 4) is 12.3 Å². The largest absolute Gasteiger partial charge is 0.389 e. The van der Waals surface area contributed by atoms with Gasteiger partial charge in [0.15, 0.2) is 0 Å². The first-order valence-electron chi connectivity index (χ1n) is 4.37. The Morgan fingerprint density at radius 3 is 2.58 bits per heavy atom. The quantitative estimate of drug-likeness (QED) is 0.605. The monoisotopic (exact) mass is 169 g/mol. The molecule has 0 aliphatic heterocycles. The fraction of sp³-hybridized carbons (Fsp3) is 0.800. The van der Waals surface area contributed by atoms with Crippen molar-refractivity contribution < 1.29 is 5.11 Å². The van der Waals surface area contributed by atoms with E-state index < -0.39 is 5.60 Å². The third-order valence-corrected chi connectivity index (χ3v) is 1.70. The van der Waals surface area contributed by atoms with Crippen LogP contribution >= 0.6 is 0 Å². The molecule has 0 aromatic rings. The van der Waals surface area contributed by atoms with Crippen molar-refractivity contribution in [2.24, 2.45) is 0 Å². The lowest BCUT2D eigenvalue weighted by Gasteiger charge is -2.21. The van der Waals surface area contributed by atoms with Crippen LogP contribution in [-0.2, 0) is 0 Å². The van der Waals surface area contributed by atoms with E-state index in [0.29, 0.717) is 18.9 Å². The highest BCUT2D eigenvalue weighted by Gasteiger charge is 2.17. The minimum atomic E-state index is -0.712. The number of terminal acetylenes is 1. The summed E-state index contributed by atoms with van der Waals surface area (Å²) in [6, 6.07) is 0.464. The van der Waals surface area contributed by atoms with Gasteiger partial charge in [0.1, 0.15) is 0 Å². The van der Waals surface area contributed by atoms with E-state index in [-0.39, 0.29) is 0 Å². The number of aliphatic hydroxyl groups is 1. The fourth-order valence-corrected chi connectivity index (χ4v) is 0.938. The summed E-state index contributed by atoms with van der Waals surface area (Å²) in [5, 5.41) is 12.9. The number of hydrogen-bond donors (Lipinski definition) is 2. The van der Waals surface area contributed by atoms with Crippen LogP contribution in [0.15, 0.2) is 0 Å². The highest BCUT2D eigenvalue weighted by molar-refractivity contribution is 4.93. The first-order chi connectivity index (χ1) is 5.48. The predicted octanol–water partition coefficient (Wildman–Crippen LogP) is 1.15. The second kappa shape index (κ2) is 5.18. The van der Waals surface area contributed by atoms with Gasteiger partial charge in [0.25, 0.3) is 0 Å². The lowest BCUT2D eigenvalue weighted by atomic mass is 9.99. The van der Waals surface area contributed by atoms with E-state index in [1.807, 2.05) is 0 Å². The molecule has 0 bridgehead atoms. The van der Waals surface area contributed by atoms with Gasteiger partial charge in [0, 0.05) is 12.5 Å². The standard InChI is InChI=1S/C10H19NO/c1-5-6-10(4,12)7-8-11-9(2)3/h1,9,11-12H,6-8H2,2-4H3. The molecule has 1 atom stereocenters. The summed E-state index contributed by atoms with van der Waals surface area (Å²) in [4.78, 5) is 0. The third kappa shape index (κ3) is 6.21. The molecule has 0 aliphatic rings. The molecule has 0 radical (unpaired) electrons. The average molecular weight is 169 g/mol. The van der Waals surface area contributed by atoms with E-state index in [0.717, 1.165) is 6.54 Å². The molecule has 2 N–H and O–H groups in total. The second-order valence-corrected chi connectivity index (χ2v) is 3.74. The maximum absolute atomic E-state index is 9.64. The lowest BCUT2D eigenvalue weighted by molar-refractivity contribution is 0.0560. The van der Waals surface area contributed by atoms with Gasteiger partial charge in [-0.2, -0.15) is 0 Å². The molecule has 0 spiro atoms. The van der Waals surface area contributed by atoms with Crippen LogP contribution in [0.4, 0.5) is 0 Å². The maximum Gasteiger partial charge on any atom is 0.0740 e. The van der Waals surface area contributed by atoms with E-state index in [1.54, 1.807) is 6.92 Å². The van der Waals surface area contributed by atoms with Crippen LogP contribution in [0.5, 0.6) is 0 Å². The van der Waals surface area contributed by atoms with Gasteiger partial charge in [0.2, 0.25) is 0 Å². The molecule has 0 heterocycles. The summed E-state index contributed by atoms with van der Waals surface area (Å²) in [5.41, 5.74) is -0.712. The van der Waals surface area contributed by atoms with Crippen molar-refractivity contribution in [3.05, 3.63) is 0 Å².